The van der Waals surface area contributed by atoms with E-state index in [1.165, 1.54) is 7.11 Å². The number of benzene rings is 1. The number of hydrogen-bond donors (Lipinski definition) is 2. The van der Waals surface area contributed by atoms with Crippen molar-refractivity contribution >= 4 is 28.4 Å². The predicted octanol–water partition coefficient (Wildman–Crippen LogP) is 0.922. The van der Waals surface area contributed by atoms with E-state index in [2.05, 4.69) is 14.8 Å². The topological polar surface area (TPSA) is 84.5 Å². The molecule has 0 amide bonds. The zero-order valence-corrected chi connectivity index (χ0v) is 13.9. The van der Waals surface area contributed by atoms with Crippen molar-refractivity contribution in [2.75, 3.05) is 20.7 Å². The fourth-order valence-electron chi connectivity index (χ4n) is 1.57. The molecular weight excluding hydrogens is 316 g/mol. The van der Waals surface area contributed by atoms with Gasteiger partial charge in [0.05, 0.1) is 18.4 Å². The molecule has 0 aliphatic carbocycles. The Morgan fingerprint density at radius 1 is 1.33 bits per heavy atom. The highest BCUT2D eigenvalue weighted by Crippen LogP contribution is 2.13. The van der Waals surface area contributed by atoms with E-state index in [0.717, 1.165) is 0 Å². The van der Waals surface area contributed by atoms with Gasteiger partial charge < -0.3 is 10.1 Å². The molecule has 1 aromatic carbocycles. The van der Waals surface area contributed by atoms with Gasteiger partial charge in [0, 0.05) is 12.6 Å². The number of methoxy groups -OCH3 is 1. The summed E-state index contributed by atoms with van der Waals surface area (Å²) in [6.07, 6.45) is 0. The number of sulfonamides is 1. The number of nitrogens with one attached hydrogen (secondary N) is 2. The van der Waals surface area contributed by atoms with Crippen molar-refractivity contribution in [3.05, 3.63) is 35.4 Å². The molecule has 1 unspecified atom stereocenters. The molecule has 2 N–H and O–H groups in total. The smallest absolute Gasteiger partial charge is 0.338 e. The van der Waals surface area contributed by atoms with E-state index >= 15 is 0 Å². The third kappa shape index (κ3) is 6.43. The van der Waals surface area contributed by atoms with Gasteiger partial charge >= 0.3 is 5.97 Å². The van der Waals surface area contributed by atoms with E-state index in [4.69, 9.17) is 0 Å². The van der Waals surface area contributed by atoms with Crippen LogP contribution in [0, 0.1) is 0 Å². The summed E-state index contributed by atoms with van der Waals surface area (Å²) in [4.78, 5) is 11.6. The first-order valence-electron chi connectivity index (χ1n) is 6.20. The van der Waals surface area contributed by atoms with Crippen LogP contribution in [0.15, 0.2) is 24.3 Å². The zero-order chi connectivity index (χ0) is 15.2. The highest BCUT2D eigenvalue weighted by atomic mass is 35.5. The van der Waals surface area contributed by atoms with E-state index in [1.54, 1.807) is 31.3 Å². The highest BCUT2D eigenvalue weighted by Gasteiger charge is 2.18. The van der Waals surface area contributed by atoms with E-state index in [1.807, 2.05) is 6.92 Å². The minimum absolute atomic E-state index is 0. The number of hydrogen-bond acceptors (Lipinski definition) is 5. The van der Waals surface area contributed by atoms with Crippen molar-refractivity contribution in [3.63, 3.8) is 0 Å². The Hall–Kier alpha value is -1.15. The second kappa shape index (κ2) is 8.99. The standard InChI is InChI=1S/C13H20N2O4S.ClH/c1-10(14-2)8-15-20(17,18)9-11-6-4-5-7-12(11)13(16)19-3;/h4-7,10,14-15H,8-9H2,1-3H3;1H. The fourth-order valence-corrected chi connectivity index (χ4v) is 2.83. The number of halogens is 1. The van der Waals surface area contributed by atoms with Gasteiger partial charge in [-0.2, -0.15) is 0 Å². The van der Waals surface area contributed by atoms with Crippen LogP contribution in [0.2, 0.25) is 0 Å². The summed E-state index contributed by atoms with van der Waals surface area (Å²) in [7, 11) is -0.482. The molecule has 1 atom stereocenters. The maximum atomic E-state index is 12.0. The third-order valence-corrected chi connectivity index (χ3v) is 4.17. The van der Waals surface area contributed by atoms with Crippen LogP contribution in [0.4, 0.5) is 0 Å². The summed E-state index contributed by atoms with van der Waals surface area (Å²) >= 11 is 0. The molecule has 8 heteroatoms. The molecule has 0 aliphatic heterocycles. The molecule has 0 bridgehead atoms. The van der Waals surface area contributed by atoms with E-state index in [-0.39, 0.29) is 29.8 Å². The van der Waals surface area contributed by atoms with Crippen LogP contribution in [0.1, 0.15) is 22.8 Å². The lowest BCUT2D eigenvalue weighted by Gasteiger charge is -2.13. The summed E-state index contributed by atoms with van der Waals surface area (Å²) < 4.78 is 31.1. The summed E-state index contributed by atoms with van der Waals surface area (Å²) in [6.45, 7) is 2.16. The van der Waals surface area contributed by atoms with Crippen molar-refractivity contribution in [3.8, 4) is 0 Å². The monoisotopic (exact) mass is 336 g/mol. The molecule has 21 heavy (non-hydrogen) atoms. The van der Waals surface area contributed by atoms with Gasteiger partial charge in [-0.15, -0.1) is 12.4 Å². The number of rotatable bonds is 7. The molecule has 1 aromatic rings. The molecule has 0 fully saturated rings. The Morgan fingerprint density at radius 3 is 2.52 bits per heavy atom. The number of ether oxygens (including phenoxy) is 1. The average Bonchev–Trinajstić information content (AvgIpc) is 2.44. The molecule has 0 aliphatic rings. The molecule has 120 valence electrons. The Labute approximate surface area is 131 Å². The quantitative estimate of drug-likeness (QED) is 0.723. The van der Waals surface area contributed by atoms with Crippen LogP contribution < -0.4 is 10.0 Å². The van der Waals surface area contributed by atoms with Gasteiger partial charge in [-0.3, -0.25) is 0 Å². The fraction of sp³-hybridized carbons (Fsp3) is 0.462. The third-order valence-electron chi connectivity index (χ3n) is 2.87. The van der Waals surface area contributed by atoms with Crippen LogP contribution >= 0.6 is 12.4 Å². The van der Waals surface area contributed by atoms with Crippen LogP contribution in [-0.4, -0.2) is 41.1 Å². The summed E-state index contributed by atoms with van der Waals surface area (Å²) in [6, 6.07) is 6.53. The summed E-state index contributed by atoms with van der Waals surface area (Å²) in [5.74, 6) is -0.797. The number of esters is 1. The lowest BCUT2D eigenvalue weighted by molar-refractivity contribution is 0.0600. The van der Waals surface area contributed by atoms with Gasteiger partial charge in [-0.1, -0.05) is 18.2 Å². The van der Waals surface area contributed by atoms with Crippen molar-refractivity contribution in [1.29, 1.82) is 0 Å². The van der Waals surface area contributed by atoms with Gasteiger partial charge in [-0.25, -0.2) is 17.9 Å². The first-order valence-corrected chi connectivity index (χ1v) is 7.85. The Bertz CT molecular complexity index is 563. The van der Waals surface area contributed by atoms with Crippen molar-refractivity contribution in [1.82, 2.24) is 10.0 Å². The normalized spacial score (nSPS) is 12.3. The average molecular weight is 337 g/mol. The minimum Gasteiger partial charge on any atom is -0.465 e. The first-order chi connectivity index (χ1) is 9.39. The molecular formula is C13H21ClN2O4S. The largest absolute Gasteiger partial charge is 0.465 e. The van der Waals surface area contributed by atoms with Gasteiger partial charge in [-0.05, 0) is 25.6 Å². The zero-order valence-electron chi connectivity index (χ0n) is 12.3. The number of carbonyl (C=O) groups excluding carboxylic acids is 1. The Morgan fingerprint density at radius 2 is 1.95 bits per heavy atom. The van der Waals surface area contributed by atoms with Gasteiger partial charge in [0.25, 0.3) is 0 Å². The number of carbonyl (C=O) groups is 1. The molecule has 0 radical (unpaired) electrons. The first kappa shape index (κ1) is 19.9. The Kier molecular flexibility index (Phi) is 8.50. The maximum Gasteiger partial charge on any atom is 0.338 e. The molecule has 0 aromatic heterocycles. The van der Waals surface area contributed by atoms with E-state index < -0.39 is 16.0 Å². The highest BCUT2D eigenvalue weighted by molar-refractivity contribution is 7.88. The van der Waals surface area contributed by atoms with Crippen LogP contribution in [-0.2, 0) is 20.5 Å². The lowest BCUT2D eigenvalue weighted by Crippen LogP contribution is -2.37. The minimum atomic E-state index is -3.50. The van der Waals surface area contributed by atoms with Crippen molar-refractivity contribution in [2.45, 2.75) is 18.7 Å². The lowest BCUT2D eigenvalue weighted by atomic mass is 10.1. The van der Waals surface area contributed by atoms with Crippen molar-refractivity contribution < 1.29 is 17.9 Å². The van der Waals surface area contributed by atoms with E-state index in [0.29, 0.717) is 12.1 Å². The molecule has 0 spiro atoms. The molecule has 0 heterocycles. The SMILES string of the molecule is CNC(C)CNS(=O)(=O)Cc1ccccc1C(=O)OC.Cl. The molecule has 1 rings (SSSR count). The van der Waals surface area contributed by atoms with Crippen molar-refractivity contribution in [2.24, 2.45) is 0 Å². The van der Waals surface area contributed by atoms with Gasteiger partial charge in [0.15, 0.2) is 0 Å². The number of likely N-dealkylation sites (N-methyl/N-ethyl adjacent to an activating group) is 1. The van der Waals surface area contributed by atoms with E-state index in [9.17, 15) is 13.2 Å². The summed E-state index contributed by atoms with van der Waals surface area (Å²) in [5.41, 5.74) is 0.686. The Balaban J connectivity index is 0.00000400. The maximum absolute atomic E-state index is 12.0. The molecule has 0 saturated carbocycles. The second-order valence-corrected chi connectivity index (χ2v) is 6.25. The molecule has 6 nitrogen and oxygen atoms in total. The van der Waals surface area contributed by atoms with Gasteiger partial charge in [0.2, 0.25) is 10.0 Å². The second-order valence-electron chi connectivity index (χ2n) is 4.45. The van der Waals surface area contributed by atoms with Crippen LogP contribution in [0.25, 0.3) is 0 Å². The molecule has 0 saturated heterocycles. The van der Waals surface area contributed by atoms with Crippen LogP contribution in [0.5, 0.6) is 0 Å². The predicted molar refractivity (Wildman–Crippen MR) is 84.2 cm³/mol. The van der Waals surface area contributed by atoms with Gasteiger partial charge in [0.1, 0.15) is 0 Å². The van der Waals surface area contributed by atoms with Crippen LogP contribution in [0.3, 0.4) is 0 Å². The summed E-state index contributed by atoms with van der Waals surface area (Å²) in [5, 5.41) is 2.94.